The second kappa shape index (κ2) is 13.5. The Balaban J connectivity index is 4.93. The average molecular weight is 431 g/mol. The number of unbranched alkanes of at least 4 members (excludes halogenated alkanes) is 1. The fourth-order valence-electron chi connectivity index (χ4n) is 2.48. The van der Waals surface area contributed by atoms with E-state index in [-0.39, 0.29) is 0 Å². The zero-order valence-corrected chi connectivity index (χ0v) is 17.5. The van der Waals surface area contributed by atoms with Gasteiger partial charge in [-0.1, -0.05) is 20.3 Å². The van der Waals surface area contributed by atoms with Crippen molar-refractivity contribution in [1.29, 1.82) is 0 Å². The van der Waals surface area contributed by atoms with E-state index in [0.29, 0.717) is 19.4 Å². The molecule has 12 nitrogen and oxygen atoms in total. The van der Waals surface area contributed by atoms with E-state index in [2.05, 4.69) is 16.0 Å². The first-order chi connectivity index (χ1) is 13.9. The maximum Gasteiger partial charge on any atom is 0.326 e. The number of nitrogens with one attached hydrogen (secondary N) is 3. The van der Waals surface area contributed by atoms with Crippen LogP contribution in [0.15, 0.2) is 0 Å². The molecule has 0 rings (SSSR count). The predicted octanol–water partition coefficient (Wildman–Crippen LogP) is -1.87. The van der Waals surface area contributed by atoms with Gasteiger partial charge in [-0.15, -0.1) is 0 Å². The molecule has 0 aliphatic heterocycles. The highest BCUT2D eigenvalue weighted by molar-refractivity contribution is 5.94. The van der Waals surface area contributed by atoms with Gasteiger partial charge < -0.3 is 37.6 Å². The highest BCUT2D eigenvalue weighted by Crippen LogP contribution is 2.05. The topological polar surface area (TPSA) is 214 Å². The zero-order chi connectivity index (χ0) is 23.4. The highest BCUT2D eigenvalue weighted by Gasteiger charge is 2.31. The summed E-state index contributed by atoms with van der Waals surface area (Å²) in [7, 11) is 0. The Morgan fingerprint density at radius 2 is 1.47 bits per heavy atom. The largest absolute Gasteiger partial charge is 0.481 e. The van der Waals surface area contributed by atoms with Crippen LogP contribution in [0.3, 0.4) is 0 Å². The molecule has 0 aliphatic rings. The molecule has 3 amide bonds. The second-order valence-electron chi connectivity index (χ2n) is 7.35. The van der Waals surface area contributed by atoms with Gasteiger partial charge in [0, 0.05) is 0 Å². The number of aliphatic carboxylic acids is 2. The Morgan fingerprint density at radius 3 is 1.93 bits per heavy atom. The van der Waals surface area contributed by atoms with E-state index in [1.807, 2.05) is 0 Å². The number of hydrogen-bond donors (Lipinski definition) is 7. The summed E-state index contributed by atoms with van der Waals surface area (Å²) in [6.07, 6.45) is 0.993. The standard InChI is InChI=1S/C18H33N5O7/c1-9(2)14(17(28)22-12(18(29)30)8-13(24)25)23-15(26)10(3)21-16(27)11(20)6-4-5-7-19/h9-12,14H,4-8,19-20H2,1-3H3,(H,21,27)(H,22,28)(H,23,26)(H,24,25)(H,29,30)/t10-,11-,12-,14+/m0/s1. The fraction of sp³-hybridized carbons (Fsp3) is 0.722. The molecule has 0 bridgehead atoms. The van der Waals surface area contributed by atoms with Crippen LogP contribution < -0.4 is 27.4 Å². The molecule has 0 aromatic rings. The first-order valence-corrected chi connectivity index (χ1v) is 9.72. The molecule has 172 valence electrons. The van der Waals surface area contributed by atoms with Crippen LogP contribution in [0.1, 0.15) is 46.5 Å². The lowest BCUT2D eigenvalue weighted by Crippen LogP contribution is -2.58. The predicted molar refractivity (Wildman–Crippen MR) is 107 cm³/mol. The number of carbonyl (C=O) groups is 5. The lowest BCUT2D eigenvalue weighted by atomic mass is 10.0. The number of carboxylic acids is 2. The van der Waals surface area contributed by atoms with Crippen molar-refractivity contribution in [3.05, 3.63) is 0 Å². The van der Waals surface area contributed by atoms with Crippen LogP contribution in [-0.4, -0.2) is 70.6 Å². The van der Waals surface area contributed by atoms with Crippen molar-refractivity contribution < 1.29 is 34.2 Å². The molecule has 30 heavy (non-hydrogen) atoms. The van der Waals surface area contributed by atoms with Gasteiger partial charge in [0.15, 0.2) is 0 Å². The van der Waals surface area contributed by atoms with Gasteiger partial charge in [0.25, 0.3) is 0 Å². The lowest BCUT2D eigenvalue weighted by molar-refractivity contribution is -0.147. The number of nitrogens with two attached hydrogens (primary N) is 2. The molecule has 0 unspecified atom stereocenters. The molecule has 9 N–H and O–H groups in total. The van der Waals surface area contributed by atoms with E-state index in [1.165, 1.54) is 6.92 Å². The van der Waals surface area contributed by atoms with Crippen LogP contribution in [-0.2, 0) is 24.0 Å². The van der Waals surface area contributed by atoms with Crippen molar-refractivity contribution in [3.8, 4) is 0 Å². The quantitative estimate of drug-likeness (QED) is 0.153. The van der Waals surface area contributed by atoms with Crippen molar-refractivity contribution in [3.63, 3.8) is 0 Å². The monoisotopic (exact) mass is 431 g/mol. The Kier molecular flexibility index (Phi) is 12.3. The maximum atomic E-state index is 12.4. The van der Waals surface area contributed by atoms with E-state index >= 15 is 0 Å². The zero-order valence-electron chi connectivity index (χ0n) is 17.5. The van der Waals surface area contributed by atoms with Gasteiger partial charge in [-0.2, -0.15) is 0 Å². The third-order valence-electron chi connectivity index (χ3n) is 4.30. The summed E-state index contributed by atoms with van der Waals surface area (Å²) in [5.41, 5.74) is 11.2. The minimum absolute atomic E-state index is 0.411. The minimum atomic E-state index is -1.64. The summed E-state index contributed by atoms with van der Waals surface area (Å²) >= 11 is 0. The Labute approximate surface area is 175 Å². The van der Waals surface area contributed by atoms with Gasteiger partial charge in [-0.05, 0) is 32.2 Å². The summed E-state index contributed by atoms with van der Waals surface area (Å²) in [5.74, 6) is -5.38. The lowest BCUT2D eigenvalue weighted by Gasteiger charge is -2.25. The number of amides is 3. The molecule has 0 spiro atoms. The van der Waals surface area contributed by atoms with Crippen molar-refractivity contribution >= 4 is 29.7 Å². The number of rotatable bonds is 14. The molecule has 0 saturated carbocycles. The SMILES string of the molecule is CC(C)[C@@H](NC(=O)[C@H](C)NC(=O)[C@@H](N)CCCCN)C(=O)N[C@@H](CC(=O)O)C(=O)O. The van der Waals surface area contributed by atoms with E-state index in [0.717, 1.165) is 6.42 Å². The van der Waals surface area contributed by atoms with Gasteiger partial charge in [0.2, 0.25) is 17.7 Å². The minimum Gasteiger partial charge on any atom is -0.481 e. The molecule has 0 saturated heterocycles. The third-order valence-corrected chi connectivity index (χ3v) is 4.30. The molecule has 12 heteroatoms. The molecular weight excluding hydrogens is 398 g/mol. The first kappa shape index (κ1) is 27.3. The summed E-state index contributed by atoms with van der Waals surface area (Å²) in [6.45, 7) is 5.14. The van der Waals surface area contributed by atoms with Crippen LogP contribution in [0.5, 0.6) is 0 Å². The van der Waals surface area contributed by atoms with Gasteiger partial charge >= 0.3 is 11.9 Å². The number of carboxylic acid groups (broad SMARTS) is 2. The maximum absolute atomic E-state index is 12.4. The molecule has 0 aromatic heterocycles. The number of hydrogen-bond acceptors (Lipinski definition) is 7. The van der Waals surface area contributed by atoms with Crippen molar-refractivity contribution in [2.45, 2.75) is 70.6 Å². The van der Waals surface area contributed by atoms with E-state index in [4.69, 9.17) is 21.7 Å². The Hall–Kier alpha value is -2.73. The fourth-order valence-corrected chi connectivity index (χ4v) is 2.48. The highest BCUT2D eigenvalue weighted by atomic mass is 16.4. The third kappa shape index (κ3) is 10.2. The van der Waals surface area contributed by atoms with Crippen molar-refractivity contribution in [2.75, 3.05) is 6.54 Å². The normalized spacial score (nSPS) is 14.9. The molecule has 0 aliphatic carbocycles. The summed E-state index contributed by atoms with van der Waals surface area (Å²) in [5, 5.41) is 24.8. The Morgan fingerprint density at radius 1 is 0.867 bits per heavy atom. The Bertz CT molecular complexity index is 626. The van der Waals surface area contributed by atoms with Crippen LogP contribution >= 0.6 is 0 Å². The van der Waals surface area contributed by atoms with Crippen LogP contribution in [0.2, 0.25) is 0 Å². The van der Waals surface area contributed by atoms with Crippen molar-refractivity contribution in [2.24, 2.45) is 17.4 Å². The molecule has 4 atom stereocenters. The molecule has 0 heterocycles. The van der Waals surface area contributed by atoms with Crippen LogP contribution in [0, 0.1) is 5.92 Å². The number of carbonyl (C=O) groups excluding carboxylic acids is 3. The van der Waals surface area contributed by atoms with E-state index in [9.17, 15) is 24.0 Å². The van der Waals surface area contributed by atoms with E-state index in [1.54, 1.807) is 13.8 Å². The van der Waals surface area contributed by atoms with Gasteiger partial charge in [0.1, 0.15) is 18.1 Å². The van der Waals surface area contributed by atoms with Gasteiger partial charge in [-0.3, -0.25) is 19.2 Å². The summed E-state index contributed by atoms with van der Waals surface area (Å²) in [4.78, 5) is 58.8. The molecule has 0 fully saturated rings. The van der Waals surface area contributed by atoms with Crippen molar-refractivity contribution in [1.82, 2.24) is 16.0 Å². The van der Waals surface area contributed by atoms with Gasteiger partial charge in [0.05, 0.1) is 12.5 Å². The summed E-state index contributed by atoms with van der Waals surface area (Å²) in [6, 6.07) is -4.58. The van der Waals surface area contributed by atoms with E-state index < -0.39 is 66.2 Å². The van der Waals surface area contributed by atoms with Gasteiger partial charge in [-0.25, -0.2) is 4.79 Å². The first-order valence-electron chi connectivity index (χ1n) is 9.72. The molecule has 0 aromatic carbocycles. The second-order valence-corrected chi connectivity index (χ2v) is 7.35. The average Bonchev–Trinajstić information content (AvgIpc) is 2.64. The molecular formula is C18H33N5O7. The van der Waals surface area contributed by atoms with Crippen LogP contribution in [0.25, 0.3) is 0 Å². The summed E-state index contributed by atoms with van der Waals surface area (Å²) < 4.78 is 0. The smallest absolute Gasteiger partial charge is 0.326 e. The molecule has 0 radical (unpaired) electrons. The van der Waals surface area contributed by atoms with Crippen LogP contribution in [0.4, 0.5) is 0 Å².